The van der Waals surface area contributed by atoms with E-state index < -0.39 is 0 Å². The molecule has 0 radical (unpaired) electrons. The number of alkyl halides is 2. The van der Waals surface area contributed by atoms with Crippen molar-refractivity contribution in [2.45, 2.75) is 60.8 Å². The van der Waals surface area contributed by atoms with E-state index in [-0.39, 0.29) is 6.10 Å². The first-order chi connectivity index (χ1) is 9.06. The van der Waals surface area contributed by atoms with Gasteiger partial charge in [0.25, 0.3) is 0 Å². The van der Waals surface area contributed by atoms with Crippen LogP contribution in [0.3, 0.4) is 0 Å². The highest BCUT2D eigenvalue weighted by Gasteiger charge is 2.48. The molecule has 6 unspecified atom stereocenters. The van der Waals surface area contributed by atoms with Gasteiger partial charge in [0.1, 0.15) is 0 Å². The van der Waals surface area contributed by atoms with E-state index in [4.69, 9.17) is 0 Å². The predicted molar refractivity (Wildman–Crippen MR) is 85.8 cm³/mol. The second kappa shape index (κ2) is 5.69. The smallest absolute Gasteiger partial charge is 0.0687 e. The average Bonchev–Trinajstić information content (AvgIpc) is 2.62. The lowest BCUT2D eigenvalue weighted by atomic mass is 9.76. The summed E-state index contributed by atoms with van der Waals surface area (Å²) in [7, 11) is 0. The maximum atomic E-state index is 9.81. The van der Waals surface area contributed by atoms with Gasteiger partial charge in [-0.15, -0.1) is 0 Å². The fourth-order valence-electron chi connectivity index (χ4n) is 4.29. The summed E-state index contributed by atoms with van der Waals surface area (Å²) in [5.41, 5.74) is 1.54. The molecule has 0 aromatic rings. The van der Waals surface area contributed by atoms with E-state index in [1.807, 2.05) is 6.92 Å². The minimum atomic E-state index is -0.233. The van der Waals surface area contributed by atoms with E-state index in [0.717, 1.165) is 18.9 Å². The van der Waals surface area contributed by atoms with Crippen molar-refractivity contribution in [1.82, 2.24) is 4.90 Å². The van der Waals surface area contributed by atoms with Gasteiger partial charge in [-0.05, 0) is 44.9 Å². The second-order valence-electron chi connectivity index (χ2n) is 6.45. The monoisotopic (exact) mass is 391 g/mol. The largest absolute Gasteiger partial charge is 0.392 e. The number of hydrogen-bond donors (Lipinski definition) is 1. The standard InChI is InChI=1S/C15H23Br2NO/c1-9(19)8-18-14-4-2-10(16)6-12(14)13-7-11(17)3-5-15(13)18/h4,9-13,15,19H,2-3,5-8H2,1H3. The number of β-amino-alcohol motifs (C(OH)–C–C–N with tert-alkyl or cyclic N) is 1. The Kier molecular flexibility index (Phi) is 4.31. The van der Waals surface area contributed by atoms with Crippen LogP contribution in [0.4, 0.5) is 0 Å². The normalized spacial score (nSPS) is 43.5. The van der Waals surface area contributed by atoms with Gasteiger partial charge in [0.2, 0.25) is 0 Å². The van der Waals surface area contributed by atoms with Crippen LogP contribution in [-0.4, -0.2) is 38.4 Å². The number of allylic oxidation sites excluding steroid dienone is 2. The van der Waals surface area contributed by atoms with Gasteiger partial charge in [-0.3, -0.25) is 0 Å². The molecule has 1 aliphatic heterocycles. The molecule has 1 heterocycles. The molecule has 0 amide bonds. The number of fused-ring (bicyclic) bond motifs is 3. The Hall–Kier alpha value is 0.460. The number of nitrogens with zero attached hydrogens (tertiary/aromatic N) is 1. The van der Waals surface area contributed by atoms with E-state index in [9.17, 15) is 5.11 Å². The SMILES string of the molecule is CC(O)CN1C2=CCC(Br)CC2C2CC(Br)CCC21. The third kappa shape index (κ3) is 2.77. The molecular weight excluding hydrogens is 370 g/mol. The van der Waals surface area contributed by atoms with E-state index >= 15 is 0 Å². The molecular formula is C15H23Br2NO. The minimum absolute atomic E-state index is 0.233. The van der Waals surface area contributed by atoms with Gasteiger partial charge < -0.3 is 10.0 Å². The summed E-state index contributed by atoms with van der Waals surface area (Å²) in [5, 5.41) is 9.81. The molecule has 3 aliphatic rings. The number of likely N-dealkylation sites (tertiary alicyclic amines) is 1. The quantitative estimate of drug-likeness (QED) is 0.724. The number of hydrogen-bond acceptors (Lipinski definition) is 2. The third-order valence-electron chi connectivity index (χ3n) is 4.98. The van der Waals surface area contributed by atoms with E-state index in [1.54, 1.807) is 0 Å². The van der Waals surface area contributed by atoms with Crippen LogP contribution in [-0.2, 0) is 0 Å². The first-order valence-electron chi connectivity index (χ1n) is 7.49. The molecule has 0 aromatic carbocycles. The van der Waals surface area contributed by atoms with E-state index in [0.29, 0.717) is 21.6 Å². The summed E-state index contributed by atoms with van der Waals surface area (Å²) >= 11 is 7.63. The lowest BCUT2D eigenvalue weighted by molar-refractivity contribution is 0.113. The van der Waals surface area contributed by atoms with Crippen molar-refractivity contribution >= 4 is 31.9 Å². The minimum Gasteiger partial charge on any atom is -0.392 e. The highest BCUT2D eigenvalue weighted by atomic mass is 79.9. The zero-order chi connectivity index (χ0) is 13.6. The lowest BCUT2D eigenvalue weighted by Gasteiger charge is -2.35. The van der Waals surface area contributed by atoms with Gasteiger partial charge >= 0.3 is 0 Å². The van der Waals surface area contributed by atoms with Crippen molar-refractivity contribution in [3.63, 3.8) is 0 Å². The van der Waals surface area contributed by atoms with Crippen LogP contribution >= 0.6 is 31.9 Å². The fourth-order valence-corrected chi connectivity index (χ4v) is 5.57. The Morgan fingerprint density at radius 3 is 2.84 bits per heavy atom. The number of aliphatic hydroxyl groups is 1. The summed E-state index contributed by atoms with van der Waals surface area (Å²) in [6.07, 6.45) is 8.44. The molecule has 2 aliphatic carbocycles. The van der Waals surface area contributed by atoms with Crippen molar-refractivity contribution < 1.29 is 5.11 Å². The number of aliphatic hydroxyl groups excluding tert-OH is 1. The van der Waals surface area contributed by atoms with Crippen molar-refractivity contribution in [2.75, 3.05) is 6.54 Å². The van der Waals surface area contributed by atoms with E-state index in [1.165, 1.54) is 31.4 Å². The Bertz CT molecular complexity index is 371. The van der Waals surface area contributed by atoms with Crippen LogP contribution < -0.4 is 0 Å². The van der Waals surface area contributed by atoms with Crippen molar-refractivity contribution in [1.29, 1.82) is 0 Å². The van der Waals surface area contributed by atoms with E-state index in [2.05, 4.69) is 42.8 Å². The summed E-state index contributed by atoms with van der Waals surface area (Å²) < 4.78 is 0. The molecule has 0 bridgehead atoms. The zero-order valence-corrected chi connectivity index (χ0v) is 14.6. The highest BCUT2D eigenvalue weighted by Crippen LogP contribution is 2.51. The maximum Gasteiger partial charge on any atom is 0.0687 e. The van der Waals surface area contributed by atoms with Crippen LogP contribution in [0, 0.1) is 11.8 Å². The average molecular weight is 393 g/mol. The van der Waals surface area contributed by atoms with Gasteiger partial charge in [-0.1, -0.05) is 37.9 Å². The molecule has 1 saturated heterocycles. The fraction of sp³-hybridized carbons (Fsp3) is 0.867. The van der Waals surface area contributed by atoms with Gasteiger partial charge in [-0.25, -0.2) is 0 Å². The van der Waals surface area contributed by atoms with Crippen LogP contribution in [0.5, 0.6) is 0 Å². The van der Waals surface area contributed by atoms with Gasteiger partial charge in [0.05, 0.1) is 6.10 Å². The summed E-state index contributed by atoms with van der Waals surface area (Å²) in [5.74, 6) is 1.49. The zero-order valence-electron chi connectivity index (χ0n) is 11.4. The number of rotatable bonds is 2. The van der Waals surface area contributed by atoms with Gasteiger partial charge in [0.15, 0.2) is 0 Å². The second-order valence-corrected chi connectivity index (χ2v) is 9.04. The summed E-state index contributed by atoms with van der Waals surface area (Å²) in [6, 6.07) is 0.664. The first kappa shape index (κ1) is 14.4. The Morgan fingerprint density at radius 2 is 2.11 bits per heavy atom. The topological polar surface area (TPSA) is 23.5 Å². The molecule has 0 spiro atoms. The molecule has 1 N–H and O–H groups in total. The summed E-state index contributed by atoms with van der Waals surface area (Å²) in [4.78, 5) is 3.87. The lowest BCUT2D eigenvalue weighted by Crippen LogP contribution is -2.39. The number of halogens is 2. The van der Waals surface area contributed by atoms with Crippen molar-refractivity contribution in [2.24, 2.45) is 11.8 Å². The predicted octanol–water partition coefficient (Wildman–Crippen LogP) is 3.67. The Morgan fingerprint density at radius 1 is 1.32 bits per heavy atom. The first-order valence-corrected chi connectivity index (χ1v) is 9.32. The molecule has 2 fully saturated rings. The van der Waals surface area contributed by atoms with Crippen LogP contribution in [0.25, 0.3) is 0 Å². The van der Waals surface area contributed by atoms with Gasteiger partial charge in [0, 0.05) is 33.9 Å². The molecule has 6 atom stereocenters. The molecule has 4 heteroatoms. The Labute approximate surface area is 132 Å². The molecule has 3 rings (SSSR count). The maximum absolute atomic E-state index is 9.81. The van der Waals surface area contributed by atoms with Crippen LogP contribution in [0.1, 0.15) is 39.0 Å². The molecule has 19 heavy (non-hydrogen) atoms. The summed E-state index contributed by atoms with van der Waals surface area (Å²) in [6.45, 7) is 2.72. The molecule has 108 valence electrons. The van der Waals surface area contributed by atoms with Gasteiger partial charge in [-0.2, -0.15) is 0 Å². The highest BCUT2D eigenvalue weighted by molar-refractivity contribution is 9.09. The molecule has 2 nitrogen and oxygen atoms in total. The molecule has 1 saturated carbocycles. The third-order valence-corrected chi connectivity index (χ3v) is 6.56. The van der Waals surface area contributed by atoms with Crippen molar-refractivity contribution in [3.8, 4) is 0 Å². The molecule has 0 aromatic heterocycles. The van der Waals surface area contributed by atoms with Crippen LogP contribution in [0.2, 0.25) is 0 Å². The Balaban J connectivity index is 1.87. The van der Waals surface area contributed by atoms with Crippen molar-refractivity contribution in [3.05, 3.63) is 11.8 Å². The van der Waals surface area contributed by atoms with Crippen LogP contribution in [0.15, 0.2) is 11.8 Å².